The van der Waals surface area contributed by atoms with E-state index in [0.717, 1.165) is 36.1 Å². The molecule has 1 aromatic rings. The zero-order valence-corrected chi connectivity index (χ0v) is 10.3. The highest BCUT2D eigenvalue weighted by molar-refractivity contribution is 5.44. The molecule has 2 atom stereocenters. The van der Waals surface area contributed by atoms with E-state index in [2.05, 4.69) is 12.2 Å². The molecule has 1 fully saturated rings. The minimum Gasteiger partial charge on any atom is -0.312 e. The second-order valence-corrected chi connectivity index (χ2v) is 4.92. The molecule has 1 N–H and O–H groups in total. The van der Waals surface area contributed by atoms with Crippen LogP contribution in [0.3, 0.4) is 0 Å². The topological polar surface area (TPSA) is 55.2 Å². The number of nitrogens with one attached hydrogen (secondary N) is 1. The Morgan fingerprint density at radius 1 is 1.53 bits per heavy atom. The summed E-state index contributed by atoms with van der Waals surface area (Å²) in [7, 11) is 0. The van der Waals surface area contributed by atoms with Crippen molar-refractivity contribution < 1.29 is 4.92 Å². The molecule has 0 radical (unpaired) electrons. The summed E-state index contributed by atoms with van der Waals surface area (Å²) < 4.78 is 0. The third-order valence-electron chi connectivity index (χ3n) is 3.61. The highest BCUT2D eigenvalue weighted by atomic mass is 16.6. The molecule has 0 bridgehead atoms. The summed E-state index contributed by atoms with van der Waals surface area (Å²) in [4.78, 5) is 10.5. The second kappa shape index (κ2) is 4.84. The quantitative estimate of drug-likeness (QED) is 0.629. The molecule has 0 amide bonds. The molecular weight excluding hydrogens is 216 g/mol. The van der Waals surface area contributed by atoms with Crippen molar-refractivity contribution in [3.05, 3.63) is 39.4 Å². The van der Waals surface area contributed by atoms with Crippen LogP contribution in [0.1, 0.15) is 24.5 Å². The van der Waals surface area contributed by atoms with Gasteiger partial charge in [-0.1, -0.05) is 19.1 Å². The lowest BCUT2D eigenvalue weighted by molar-refractivity contribution is -0.385. The van der Waals surface area contributed by atoms with Gasteiger partial charge in [0.05, 0.1) is 4.92 Å². The monoisotopic (exact) mass is 234 g/mol. The fourth-order valence-corrected chi connectivity index (χ4v) is 2.13. The van der Waals surface area contributed by atoms with Gasteiger partial charge in [0.15, 0.2) is 0 Å². The van der Waals surface area contributed by atoms with Crippen LogP contribution in [0.2, 0.25) is 0 Å². The largest absolute Gasteiger partial charge is 0.312 e. The Bertz CT molecular complexity index is 431. The molecule has 0 aliphatic heterocycles. The van der Waals surface area contributed by atoms with Gasteiger partial charge in [0, 0.05) is 18.2 Å². The Hall–Kier alpha value is -1.42. The molecule has 4 nitrogen and oxygen atoms in total. The van der Waals surface area contributed by atoms with E-state index in [4.69, 9.17) is 0 Å². The van der Waals surface area contributed by atoms with E-state index in [-0.39, 0.29) is 10.6 Å². The summed E-state index contributed by atoms with van der Waals surface area (Å²) in [5.74, 6) is 1.64. The van der Waals surface area contributed by atoms with E-state index in [1.54, 1.807) is 12.1 Å². The first-order valence-corrected chi connectivity index (χ1v) is 6.03. The lowest BCUT2D eigenvalue weighted by atomic mass is 10.1. The van der Waals surface area contributed by atoms with Crippen molar-refractivity contribution in [2.45, 2.75) is 26.8 Å². The van der Waals surface area contributed by atoms with E-state index < -0.39 is 0 Å². The van der Waals surface area contributed by atoms with E-state index in [9.17, 15) is 10.1 Å². The van der Waals surface area contributed by atoms with Gasteiger partial charge >= 0.3 is 0 Å². The van der Waals surface area contributed by atoms with Gasteiger partial charge in [0.25, 0.3) is 5.69 Å². The van der Waals surface area contributed by atoms with Crippen LogP contribution in [0.25, 0.3) is 0 Å². The second-order valence-electron chi connectivity index (χ2n) is 4.92. The van der Waals surface area contributed by atoms with Crippen LogP contribution < -0.4 is 5.32 Å². The predicted molar refractivity (Wildman–Crippen MR) is 66.8 cm³/mol. The number of nitro groups is 1. The van der Waals surface area contributed by atoms with Crippen molar-refractivity contribution in [3.63, 3.8) is 0 Å². The summed E-state index contributed by atoms with van der Waals surface area (Å²) >= 11 is 0. The summed E-state index contributed by atoms with van der Waals surface area (Å²) in [6, 6.07) is 5.26. The zero-order chi connectivity index (χ0) is 12.4. The fourth-order valence-electron chi connectivity index (χ4n) is 2.13. The minimum absolute atomic E-state index is 0.212. The first-order valence-electron chi connectivity index (χ1n) is 6.03. The fraction of sp³-hybridized carbons (Fsp3) is 0.538. The van der Waals surface area contributed by atoms with Gasteiger partial charge in [-0.3, -0.25) is 10.1 Å². The number of hydrogen-bond acceptors (Lipinski definition) is 3. The Morgan fingerprint density at radius 3 is 2.82 bits per heavy atom. The molecule has 17 heavy (non-hydrogen) atoms. The SMILES string of the molecule is Cc1c(CNCC2CC2C)cccc1[N+](=O)[O-]. The third-order valence-corrected chi connectivity index (χ3v) is 3.61. The third kappa shape index (κ3) is 2.82. The first-order chi connectivity index (χ1) is 8.09. The van der Waals surface area contributed by atoms with Crippen LogP contribution in [0.5, 0.6) is 0 Å². The number of nitrogens with zero attached hydrogens (tertiary/aromatic N) is 1. The molecule has 1 aromatic carbocycles. The van der Waals surface area contributed by atoms with Gasteiger partial charge in [0.2, 0.25) is 0 Å². The zero-order valence-electron chi connectivity index (χ0n) is 10.3. The van der Waals surface area contributed by atoms with Crippen LogP contribution >= 0.6 is 0 Å². The molecular formula is C13H18N2O2. The number of nitro benzene ring substituents is 1. The summed E-state index contributed by atoms with van der Waals surface area (Å²) in [6.07, 6.45) is 1.31. The van der Waals surface area contributed by atoms with Crippen molar-refractivity contribution in [3.8, 4) is 0 Å². The number of benzene rings is 1. The summed E-state index contributed by atoms with van der Waals surface area (Å²) in [6.45, 7) is 5.81. The molecule has 0 saturated heterocycles. The summed E-state index contributed by atoms with van der Waals surface area (Å²) in [5, 5.41) is 14.2. The Balaban J connectivity index is 1.95. The van der Waals surface area contributed by atoms with Crippen LogP contribution in [0.15, 0.2) is 18.2 Å². The predicted octanol–water partition coefficient (Wildman–Crippen LogP) is 2.65. The average Bonchev–Trinajstić information content (AvgIpc) is 2.97. The molecule has 92 valence electrons. The highest BCUT2D eigenvalue weighted by Crippen LogP contribution is 2.36. The van der Waals surface area contributed by atoms with Crippen LogP contribution in [-0.2, 0) is 6.54 Å². The molecule has 0 heterocycles. The highest BCUT2D eigenvalue weighted by Gasteiger charge is 2.31. The maximum atomic E-state index is 10.8. The van der Waals surface area contributed by atoms with Crippen molar-refractivity contribution >= 4 is 5.69 Å². The average molecular weight is 234 g/mol. The van der Waals surface area contributed by atoms with Gasteiger partial charge in [-0.05, 0) is 37.3 Å². The molecule has 4 heteroatoms. The minimum atomic E-state index is -0.318. The van der Waals surface area contributed by atoms with Crippen molar-refractivity contribution in [1.82, 2.24) is 5.32 Å². The molecule has 2 unspecified atom stereocenters. The maximum Gasteiger partial charge on any atom is 0.272 e. The van der Waals surface area contributed by atoms with Gasteiger partial charge in [-0.25, -0.2) is 0 Å². The van der Waals surface area contributed by atoms with E-state index in [1.165, 1.54) is 6.42 Å². The van der Waals surface area contributed by atoms with E-state index >= 15 is 0 Å². The van der Waals surface area contributed by atoms with Gasteiger partial charge in [-0.2, -0.15) is 0 Å². The number of rotatable bonds is 5. The molecule has 2 rings (SSSR count). The standard InChI is InChI=1S/C13H18N2O2/c1-9-6-12(9)8-14-7-11-4-3-5-13(10(11)2)15(16)17/h3-5,9,12,14H,6-8H2,1-2H3. The Morgan fingerprint density at radius 2 is 2.24 bits per heavy atom. The summed E-state index contributed by atoms with van der Waals surface area (Å²) in [5.41, 5.74) is 2.01. The molecule has 0 spiro atoms. The first kappa shape index (κ1) is 12.0. The molecule has 0 aromatic heterocycles. The van der Waals surface area contributed by atoms with Crippen molar-refractivity contribution in [1.29, 1.82) is 0 Å². The molecule has 1 saturated carbocycles. The van der Waals surface area contributed by atoms with Gasteiger partial charge < -0.3 is 5.32 Å². The van der Waals surface area contributed by atoms with Crippen molar-refractivity contribution in [2.75, 3.05) is 6.54 Å². The van der Waals surface area contributed by atoms with Crippen LogP contribution in [0.4, 0.5) is 5.69 Å². The normalized spacial score (nSPS) is 22.5. The Labute approximate surface area is 101 Å². The number of hydrogen-bond donors (Lipinski definition) is 1. The van der Waals surface area contributed by atoms with E-state index in [0.29, 0.717) is 0 Å². The van der Waals surface area contributed by atoms with Crippen LogP contribution in [-0.4, -0.2) is 11.5 Å². The van der Waals surface area contributed by atoms with E-state index in [1.807, 2.05) is 13.0 Å². The molecule has 1 aliphatic carbocycles. The lowest BCUT2D eigenvalue weighted by Crippen LogP contribution is -2.17. The van der Waals surface area contributed by atoms with Gasteiger partial charge in [-0.15, -0.1) is 0 Å². The maximum absolute atomic E-state index is 10.8. The Kier molecular flexibility index (Phi) is 3.43. The molecule has 1 aliphatic rings. The smallest absolute Gasteiger partial charge is 0.272 e. The van der Waals surface area contributed by atoms with Crippen LogP contribution in [0, 0.1) is 28.9 Å². The van der Waals surface area contributed by atoms with Crippen molar-refractivity contribution in [2.24, 2.45) is 11.8 Å². The lowest BCUT2D eigenvalue weighted by Gasteiger charge is -2.07. The van der Waals surface area contributed by atoms with Gasteiger partial charge in [0.1, 0.15) is 0 Å².